The summed E-state index contributed by atoms with van der Waals surface area (Å²) in [6.07, 6.45) is 4.07. The summed E-state index contributed by atoms with van der Waals surface area (Å²) in [6.45, 7) is 6.88. The summed E-state index contributed by atoms with van der Waals surface area (Å²) in [4.78, 5) is 12.8. The minimum Gasteiger partial charge on any atom is -0.439 e. The van der Waals surface area contributed by atoms with Crippen LogP contribution in [0.4, 0.5) is 5.82 Å². The predicted octanol–water partition coefficient (Wildman–Crippen LogP) is 2.92. The molecule has 0 radical (unpaired) electrons. The zero-order valence-corrected chi connectivity index (χ0v) is 11.5. The highest BCUT2D eigenvalue weighted by molar-refractivity contribution is 7.99. The molecule has 0 aliphatic carbocycles. The van der Waals surface area contributed by atoms with Crippen LogP contribution in [0.5, 0.6) is 0 Å². The van der Waals surface area contributed by atoms with Gasteiger partial charge in [-0.1, -0.05) is 6.92 Å². The van der Waals surface area contributed by atoms with E-state index in [-0.39, 0.29) is 0 Å². The van der Waals surface area contributed by atoms with E-state index in [2.05, 4.69) is 27.2 Å². The van der Waals surface area contributed by atoms with E-state index in [0.717, 1.165) is 35.1 Å². The normalized spacial score (nSPS) is 10.6. The summed E-state index contributed by atoms with van der Waals surface area (Å²) < 4.78 is 5.34. The third-order valence-corrected chi connectivity index (χ3v) is 3.29. The van der Waals surface area contributed by atoms with Gasteiger partial charge in [0.1, 0.15) is 23.4 Å². The van der Waals surface area contributed by atoms with E-state index in [4.69, 9.17) is 4.42 Å². The second kappa shape index (κ2) is 5.86. The second-order valence-corrected chi connectivity index (χ2v) is 4.69. The number of nitrogens with one attached hydrogen (secondary N) is 1. The van der Waals surface area contributed by atoms with Gasteiger partial charge in [-0.25, -0.2) is 15.0 Å². The van der Waals surface area contributed by atoms with E-state index in [1.165, 1.54) is 11.8 Å². The first-order valence-corrected chi connectivity index (χ1v) is 6.74. The SMILES string of the molecule is CCNc1ncnc(Sc2nc(C)co2)c1CC. The minimum atomic E-state index is 0.614. The Bertz CT molecular complexity index is 527. The molecule has 0 saturated heterocycles. The average molecular weight is 264 g/mol. The maximum absolute atomic E-state index is 5.34. The van der Waals surface area contributed by atoms with Gasteiger partial charge >= 0.3 is 0 Å². The zero-order chi connectivity index (χ0) is 13.0. The third kappa shape index (κ3) is 2.81. The van der Waals surface area contributed by atoms with Crippen molar-refractivity contribution in [2.75, 3.05) is 11.9 Å². The number of hydrogen-bond donors (Lipinski definition) is 1. The maximum atomic E-state index is 5.34. The van der Waals surface area contributed by atoms with Gasteiger partial charge in [0.25, 0.3) is 5.22 Å². The van der Waals surface area contributed by atoms with Crippen LogP contribution in [-0.2, 0) is 6.42 Å². The molecule has 2 aromatic rings. The van der Waals surface area contributed by atoms with Crippen LogP contribution in [0.3, 0.4) is 0 Å². The second-order valence-electron chi connectivity index (χ2n) is 3.75. The number of rotatable bonds is 5. The van der Waals surface area contributed by atoms with Gasteiger partial charge in [0.05, 0.1) is 5.69 Å². The number of aromatic nitrogens is 3. The molecular weight excluding hydrogens is 248 g/mol. The minimum absolute atomic E-state index is 0.614. The van der Waals surface area contributed by atoms with Gasteiger partial charge in [-0.05, 0) is 32.0 Å². The Balaban J connectivity index is 2.29. The maximum Gasteiger partial charge on any atom is 0.262 e. The van der Waals surface area contributed by atoms with Crippen molar-refractivity contribution in [1.29, 1.82) is 0 Å². The first-order chi connectivity index (χ1) is 8.74. The molecule has 2 heterocycles. The Labute approximate surface area is 110 Å². The van der Waals surface area contributed by atoms with Crippen LogP contribution in [0, 0.1) is 6.92 Å². The first-order valence-electron chi connectivity index (χ1n) is 5.92. The number of aryl methyl sites for hydroxylation is 1. The predicted molar refractivity (Wildman–Crippen MR) is 70.9 cm³/mol. The quantitative estimate of drug-likeness (QED) is 0.838. The van der Waals surface area contributed by atoms with Crippen molar-refractivity contribution >= 4 is 17.6 Å². The molecule has 0 aliphatic rings. The number of hydrogen-bond acceptors (Lipinski definition) is 6. The summed E-state index contributed by atoms with van der Waals surface area (Å²) in [5.41, 5.74) is 1.97. The van der Waals surface area contributed by atoms with Crippen molar-refractivity contribution in [2.45, 2.75) is 37.4 Å². The van der Waals surface area contributed by atoms with Crippen LogP contribution in [0.15, 0.2) is 27.3 Å². The molecule has 96 valence electrons. The Morgan fingerprint density at radius 3 is 2.78 bits per heavy atom. The fraction of sp³-hybridized carbons (Fsp3) is 0.417. The van der Waals surface area contributed by atoms with Crippen molar-refractivity contribution < 1.29 is 4.42 Å². The summed E-state index contributed by atoms with van der Waals surface area (Å²) in [5.74, 6) is 0.890. The molecule has 6 heteroatoms. The van der Waals surface area contributed by atoms with Gasteiger partial charge in [0.15, 0.2) is 0 Å². The lowest BCUT2D eigenvalue weighted by Gasteiger charge is -2.10. The fourth-order valence-electron chi connectivity index (χ4n) is 1.58. The average Bonchev–Trinajstić information content (AvgIpc) is 2.76. The molecule has 2 rings (SSSR count). The van der Waals surface area contributed by atoms with Gasteiger partial charge in [-0.15, -0.1) is 0 Å². The van der Waals surface area contributed by atoms with Gasteiger partial charge < -0.3 is 9.73 Å². The van der Waals surface area contributed by atoms with Crippen LogP contribution < -0.4 is 5.32 Å². The molecule has 2 aromatic heterocycles. The smallest absolute Gasteiger partial charge is 0.262 e. The molecule has 18 heavy (non-hydrogen) atoms. The van der Waals surface area contributed by atoms with Crippen molar-refractivity contribution in [3.63, 3.8) is 0 Å². The first kappa shape index (κ1) is 12.9. The van der Waals surface area contributed by atoms with E-state index in [1.54, 1.807) is 12.6 Å². The Morgan fingerprint density at radius 1 is 1.33 bits per heavy atom. The van der Waals surface area contributed by atoms with Crippen molar-refractivity contribution in [3.05, 3.63) is 23.8 Å². The number of anilines is 1. The lowest BCUT2D eigenvalue weighted by Crippen LogP contribution is -2.05. The Morgan fingerprint density at radius 2 is 2.17 bits per heavy atom. The van der Waals surface area contributed by atoms with Crippen LogP contribution in [0.2, 0.25) is 0 Å². The van der Waals surface area contributed by atoms with Crippen molar-refractivity contribution in [2.24, 2.45) is 0 Å². The monoisotopic (exact) mass is 264 g/mol. The fourth-order valence-corrected chi connectivity index (χ4v) is 2.50. The molecule has 0 unspecified atom stereocenters. The lowest BCUT2D eigenvalue weighted by molar-refractivity contribution is 0.453. The van der Waals surface area contributed by atoms with Crippen LogP contribution >= 0.6 is 11.8 Å². The van der Waals surface area contributed by atoms with Gasteiger partial charge in [-0.3, -0.25) is 0 Å². The molecule has 0 amide bonds. The molecule has 0 saturated carbocycles. The molecule has 0 fully saturated rings. The highest BCUT2D eigenvalue weighted by Crippen LogP contribution is 2.30. The summed E-state index contributed by atoms with van der Waals surface area (Å²) in [6, 6.07) is 0. The van der Waals surface area contributed by atoms with Crippen LogP contribution in [0.1, 0.15) is 25.1 Å². The molecule has 0 aromatic carbocycles. The Kier molecular flexibility index (Phi) is 4.19. The topological polar surface area (TPSA) is 63.8 Å². The third-order valence-electron chi connectivity index (χ3n) is 2.39. The van der Waals surface area contributed by atoms with Crippen molar-refractivity contribution in [1.82, 2.24) is 15.0 Å². The number of nitrogens with zero attached hydrogens (tertiary/aromatic N) is 3. The molecule has 0 aliphatic heterocycles. The van der Waals surface area contributed by atoms with E-state index in [0.29, 0.717) is 5.22 Å². The Hall–Kier alpha value is -1.56. The molecule has 1 N–H and O–H groups in total. The summed E-state index contributed by atoms with van der Waals surface area (Å²) in [5, 5.41) is 4.75. The van der Waals surface area contributed by atoms with E-state index in [9.17, 15) is 0 Å². The zero-order valence-electron chi connectivity index (χ0n) is 10.7. The van der Waals surface area contributed by atoms with Crippen LogP contribution in [-0.4, -0.2) is 21.5 Å². The highest BCUT2D eigenvalue weighted by atomic mass is 32.2. The van der Waals surface area contributed by atoms with Crippen molar-refractivity contribution in [3.8, 4) is 0 Å². The molecule has 5 nitrogen and oxygen atoms in total. The molecule has 0 atom stereocenters. The van der Waals surface area contributed by atoms with Crippen LogP contribution in [0.25, 0.3) is 0 Å². The standard InChI is InChI=1S/C12H16N4OS/c1-4-9-10(13-5-2)14-7-15-11(9)18-12-16-8(3)6-17-12/h6-7H,4-5H2,1-3H3,(H,13,14,15). The lowest BCUT2D eigenvalue weighted by atomic mass is 10.2. The van der Waals surface area contributed by atoms with E-state index in [1.807, 2.05) is 13.8 Å². The van der Waals surface area contributed by atoms with Gasteiger partial charge in [0.2, 0.25) is 0 Å². The summed E-state index contributed by atoms with van der Waals surface area (Å²) in [7, 11) is 0. The van der Waals surface area contributed by atoms with E-state index < -0.39 is 0 Å². The van der Waals surface area contributed by atoms with Gasteiger partial charge in [-0.2, -0.15) is 0 Å². The molecule has 0 bridgehead atoms. The summed E-state index contributed by atoms with van der Waals surface area (Å²) >= 11 is 1.43. The van der Waals surface area contributed by atoms with Gasteiger partial charge in [0, 0.05) is 12.1 Å². The molecule has 0 spiro atoms. The van der Waals surface area contributed by atoms with E-state index >= 15 is 0 Å². The largest absolute Gasteiger partial charge is 0.439 e. The highest BCUT2D eigenvalue weighted by Gasteiger charge is 2.13. The molecular formula is C12H16N4OS. The number of oxazole rings is 1.